The third-order valence-electron chi connectivity index (χ3n) is 4.88. The lowest BCUT2D eigenvalue weighted by molar-refractivity contribution is -0.385. The Kier molecular flexibility index (Phi) is 6.07. The van der Waals surface area contributed by atoms with Gasteiger partial charge in [-0.15, -0.1) is 10.2 Å². The number of tetrazole rings is 1. The first-order valence-corrected chi connectivity index (χ1v) is 9.99. The number of rotatable bonds is 8. The maximum atomic E-state index is 11.6. The molecule has 9 heteroatoms. The molecule has 0 fully saturated rings. The van der Waals surface area contributed by atoms with Crippen LogP contribution in [0.4, 0.5) is 11.4 Å². The second-order valence-electron chi connectivity index (χ2n) is 7.42. The summed E-state index contributed by atoms with van der Waals surface area (Å²) in [5, 5.41) is 24.1. The molecule has 0 bridgehead atoms. The summed E-state index contributed by atoms with van der Waals surface area (Å²) in [4.78, 5) is 14.6. The van der Waals surface area contributed by atoms with E-state index in [4.69, 9.17) is 4.74 Å². The van der Waals surface area contributed by atoms with E-state index in [1.54, 1.807) is 12.1 Å². The van der Waals surface area contributed by atoms with Gasteiger partial charge in [0.05, 0.1) is 11.5 Å². The highest BCUT2D eigenvalue weighted by atomic mass is 16.6. The first-order chi connectivity index (χ1) is 15.5. The van der Waals surface area contributed by atoms with Crippen molar-refractivity contribution in [3.05, 3.63) is 94.0 Å². The van der Waals surface area contributed by atoms with Crippen LogP contribution in [0.2, 0.25) is 0 Å². The Labute approximate surface area is 185 Å². The molecule has 1 heterocycles. The molecule has 0 amide bonds. The predicted molar refractivity (Wildman–Crippen MR) is 121 cm³/mol. The van der Waals surface area contributed by atoms with E-state index in [1.807, 2.05) is 73.6 Å². The highest BCUT2D eigenvalue weighted by molar-refractivity contribution is 5.63. The quantitative estimate of drug-likeness (QED) is 0.308. The summed E-state index contributed by atoms with van der Waals surface area (Å²) >= 11 is 0. The van der Waals surface area contributed by atoms with Gasteiger partial charge in [0, 0.05) is 31.4 Å². The van der Waals surface area contributed by atoms with Gasteiger partial charge < -0.3 is 9.64 Å². The standard InChI is InChI=1S/C23H22N6O3/c1-27(2)20-11-8-17(9-12-20)15-28-25-23(24-26-28)19-10-13-22(21(14-19)29(30)31)32-16-18-6-4-3-5-7-18/h3-14H,15-16H2,1-2H3. The molecule has 32 heavy (non-hydrogen) atoms. The van der Waals surface area contributed by atoms with Crippen LogP contribution in [-0.2, 0) is 13.2 Å². The summed E-state index contributed by atoms with van der Waals surface area (Å²) in [6, 6.07) is 22.2. The van der Waals surface area contributed by atoms with Gasteiger partial charge in [0.2, 0.25) is 5.82 Å². The van der Waals surface area contributed by atoms with Gasteiger partial charge in [0.25, 0.3) is 0 Å². The van der Waals surface area contributed by atoms with Crippen LogP contribution in [0.3, 0.4) is 0 Å². The monoisotopic (exact) mass is 430 g/mol. The summed E-state index contributed by atoms with van der Waals surface area (Å²) < 4.78 is 5.68. The van der Waals surface area contributed by atoms with Gasteiger partial charge in [0.1, 0.15) is 6.61 Å². The van der Waals surface area contributed by atoms with Gasteiger partial charge in [-0.1, -0.05) is 42.5 Å². The molecular formula is C23H22N6O3. The van der Waals surface area contributed by atoms with E-state index < -0.39 is 4.92 Å². The molecule has 0 saturated heterocycles. The molecule has 9 nitrogen and oxygen atoms in total. The van der Waals surface area contributed by atoms with Crippen molar-refractivity contribution < 1.29 is 9.66 Å². The number of nitro benzene ring substituents is 1. The third kappa shape index (κ3) is 4.89. The fraction of sp³-hybridized carbons (Fsp3) is 0.174. The molecule has 0 N–H and O–H groups in total. The average molecular weight is 430 g/mol. The van der Waals surface area contributed by atoms with E-state index in [1.165, 1.54) is 10.9 Å². The van der Waals surface area contributed by atoms with Crippen LogP contribution in [0, 0.1) is 10.1 Å². The molecule has 0 aliphatic carbocycles. The Bertz CT molecular complexity index is 1210. The number of hydrogen-bond acceptors (Lipinski definition) is 7. The molecule has 3 aromatic carbocycles. The van der Waals surface area contributed by atoms with Crippen LogP contribution in [-0.4, -0.2) is 39.2 Å². The molecule has 0 aliphatic rings. The fourth-order valence-electron chi connectivity index (χ4n) is 3.15. The largest absolute Gasteiger partial charge is 0.482 e. The number of nitro groups is 1. The highest BCUT2D eigenvalue weighted by Crippen LogP contribution is 2.31. The molecule has 0 unspecified atom stereocenters. The van der Waals surface area contributed by atoms with E-state index in [9.17, 15) is 10.1 Å². The average Bonchev–Trinajstić information content (AvgIpc) is 3.27. The van der Waals surface area contributed by atoms with Gasteiger partial charge >= 0.3 is 5.69 Å². The Morgan fingerprint density at radius 3 is 2.44 bits per heavy atom. The van der Waals surface area contributed by atoms with Crippen molar-refractivity contribution in [1.29, 1.82) is 0 Å². The van der Waals surface area contributed by atoms with Crippen LogP contribution >= 0.6 is 0 Å². The molecule has 0 atom stereocenters. The lowest BCUT2D eigenvalue weighted by Gasteiger charge is -2.12. The second kappa shape index (κ2) is 9.25. The lowest BCUT2D eigenvalue weighted by Crippen LogP contribution is -2.09. The zero-order valence-corrected chi connectivity index (χ0v) is 17.8. The first-order valence-electron chi connectivity index (χ1n) is 9.99. The van der Waals surface area contributed by atoms with Crippen LogP contribution in [0.1, 0.15) is 11.1 Å². The van der Waals surface area contributed by atoms with Crippen molar-refractivity contribution >= 4 is 11.4 Å². The van der Waals surface area contributed by atoms with Crippen molar-refractivity contribution in [2.45, 2.75) is 13.2 Å². The molecule has 162 valence electrons. The van der Waals surface area contributed by atoms with Gasteiger partial charge in [-0.3, -0.25) is 10.1 Å². The maximum Gasteiger partial charge on any atom is 0.311 e. The van der Waals surface area contributed by atoms with Crippen LogP contribution in [0.15, 0.2) is 72.8 Å². The normalized spacial score (nSPS) is 10.7. The second-order valence-corrected chi connectivity index (χ2v) is 7.42. The van der Waals surface area contributed by atoms with Crippen molar-refractivity contribution in [1.82, 2.24) is 20.2 Å². The summed E-state index contributed by atoms with van der Waals surface area (Å²) in [6.07, 6.45) is 0. The molecule has 0 spiro atoms. The predicted octanol–water partition coefficient (Wildman–Crippen LogP) is 3.94. The molecule has 4 rings (SSSR count). The minimum absolute atomic E-state index is 0.144. The zero-order chi connectivity index (χ0) is 22.5. The van der Waals surface area contributed by atoms with Gasteiger partial charge in [-0.2, -0.15) is 4.80 Å². The number of benzene rings is 3. The Morgan fingerprint density at radius 2 is 1.75 bits per heavy atom. The van der Waals surface area contributed by atoms with Gasteiger partial charge in [-0.05, 0) is 40.6 Å². The van der Waals surface area contributed by atoms with E-state index in [0.717, 1.165) is 16.8 Å². The number of nitrogens with zero attached hydrogens (tertiary/aromatic N) is 6. The van der Waals surface area contributed by atoms with Crippen molar-refractivity contribution in [3.63, 3.8) is 0 Å². The third-order valence-corrected chi connectivity index (χ3v) is 4.88. The van der Waals surface area contributed by atoms with Crippen molar-refractivity contribution in [3.8, 4) is 17.1 Å². The van der Waals surface area contributed by atoms with E-state index in [-0.39, 0.29) is 18.0 Å². The molecule has 1 aromatic heterocycles. The van der Waals surface area contributed by atoms with Crippen LogP contribution < -0.4 is 9.64 Å². The molecule has 0 radical (unpaired) electrons. The summed E-state index contributed by atoms with van der Waals surface area (Å²) in [7, 11) is 3.97. The summed E-state index contributed by atoms with van der Waals surface area (Å²) in [6.45, 7) is 0.684. The van der Waals surface area contributed by atoms with Crippen LogP contribution in [0.25, 0.3) is 11.4 Å². The van der Waals surface area contributed by atoms with E-state index in [2.05, 4.69) is 15.4 Å². The Hall–Kier alpha value is -4.27. The minimum atomic E-state index is -0.472. The number of ether oxygens (including phenoxy) is 1. The summed E-state index contributed by atoms with van der Waals surface area (Å²) in [5.41, 5.74) is 3.40. The van der Waals surface area contributed by atoms with Gasteiger partial charge in [0.15, 0.2) is 5.75 Å². The topological polar surface area (TPSA) is 99.2 Å². The highest BCUT2D eigenvalue weighted by Gasteiger charge is 2.19. The fourth-order valence-corrected chi connectivity index (χ4v) is 3.15. The van der Waals surface area contributed by atoms with E-state index >= 15 is 0 Å². The first kappa shape index (κ1) is 21.0. The minimum Gasteiger partial charge on any atom is -0.482 e. The Balaban J connectivity index is 1.50. The zero-order valence-electron chi connectivity index (χ0n) is 17.8. The Morgan fingerprint density at radius 1 is 1.00 bits per heavy atom. The number of hydrogen-bond donors (Lipinski definition) is 0. The molecule has 0 saturated carbocycles. The summed E-state index contributed by atoms with van der Waals surface area (Å²) in [5.74, 6) is 0.503. The molecular weight excluding hydrogens is 408 g/mol. The number of anilines is 1. The van der Waals surface area contributed by atoms with Crippen LogP contribution in [0.5, 0.6) is 5.75 Å². The smallest absolute Gasteiger partial charge is 0.311 e. The molecule has 4 aromatic rings. The molecule has 0 aliphatic heterocycles. The lowest BCUT2D eigenvalue weighted by atomic mass is 10.1. The van der Waals surface area contributed by atoms with Crippen molar-refractivity contribution in [2.75, 3.05) is 19.0 Å². The van der Waals surface area contributed by atoms with Gasteiger partial charge in [-0.25, -0.2) is 0 Å². The van der Waals surface area contributed by atoms with E-state index in [0.29, 0.717) is 17.9 Å². The van der Waals surface area contributed by atoms with Crippen molar-refractivity contribution in [2.24, 2.45) is 0 Å². The SMILES string of the molecule is CN(C)c1ccc(Cn2nnc(-c3ccc(OCc4ccccc4)c([N+](=O)[O-])c3)n2)cc1. The number of aromatic nitrogens is 4. The maximum absolute atomic E-state index is 11.6.